The van der Waals surface area contributed by atoms with Crippen LogP contribution in [0.15, 0.2) is 29.2 Å². The Morgan fingerprint density at radius 2 is 2.05 bits per heavy atom. The van der Waals surface area contributed by atoms with Gasteiger partial charge in [0.15, 0.2) is 0 Å². The van der Waals surface area contributed by atoms with Crippen molar-refractivity contribution in [2.24, 2.45) is 0 Å². The number of benzene rings is 1. The highest BCUT2D eigenvalue weighted by Crippen LogP contribution is 2.17. The van der Waals surface area contributed by atoms with Gasteiger partial charge in [0, 0.05) is 17.5 Å². The number of sulfonamides is 1. The third kappa shape index (κ3) is 5.88. The van der Waals surface area contributed by atoms with Crippen LogP contribution in [0.25, 0.3) is 0 Å². The lowest BCUT2D eigenvalue weighted by Crippen LogP contribution is -2.43. The van der Waals surface area contributed by atoms with Crippen LogP contribution in [-0.4, -0.2) is 25.7 Å². The predicted octanol–water partition coefficient (Wildman–Crippen LogP) is 2.28. The molecule has 0 atom stereocenters. The topological polar surface area (TPSA) is 66.4 Å². The number of hydrogen-bond acceptors (Lipinski definition) is 3. The van der Waals surface area contributed by atoms with E-state index in [1.165, 1.54) is 0 Å². The summed E-state index contributed by atoms with van der Waals surface area (Å²) in [5, 5.41) is 8.70. The highest BCUT2D eigenvalue weighted by Gasteiger charge is 2.25. The van der Waals surface area contributed by atoms with Gasteiger partial charge in [0.05, 0.1) is 11.5 Å². The van der Waals surface area contributed by atoms with Gasteiger partial charge in [0.1, 0.15) is 0 Å². The Labute approximate surface area is 127 Å². The average Bonchev–Trinajstić information content (AvgIpc) is 2.38. The lowest BCUT2D eigenvalue weighted by molar-refractivity contribution is 0.305. The first-order valence-electron chi connectivity index (χ1n) is 7.04. The van der Waals surface area contributed by atoms with E-state index in [-0.39, 0.29) is 11.5 Å². The van der Waals surface area contributed by atoms with Crippen molar-refractivity contribution in [1.29, 1.82) is 0 Å². The molecule has 0 aromatic heterocycles. The van der Waals surface area contributed by atoms with Gasteiger partial charge in [-0.15, -0.1) is 0 Å². The molecule has 0 aliphatic carbocycles. The van der Waals surface area contributed by atoms with Gasteiger partial charge in [0.25, 0.3) is 0 Å². The maximum atomic E-state index is 12.4. The Balaban J connectivity index is 2.99. The van der Waals surface area contributed by atoms with Crippen LogP contribution in [0.1, 0.15) is 45.6 Å². The second-order valence-corrected chi connectivity index (χ2v) is 7.22. The molecule has 0 unspecified atom stereocenters. The molecule has 0 aliphatic heterocycles. The monoisotopic (exact) mass is 309 g/mol. The zero-order valence-electron chi connectivity index (χ0n) is 12.8. The lowest BCUT2D eigenvalue weighted by atomic mass is 10.0. The van der Waals surface area contributed by atoms with E-state index in [2.05, 4.69) is 16.6 Å². The van der Waals surface area contributed by atoms with Gasteiger partial charge in [-0.2, -0.15) is 0 Å². The fourth-order valence-electron chi connectivity index (χ4n) is 2.06. The van der Waals surface area contributed by atoms with E-state index in [1.54, 1.807) is 24.3 Å². The van der Waals surface area contributed by atoms with Crippen LogP contribution in [0, 0.1) is 11.8 Å². The van der Waals surface area contributed by atoms with Crippen molar-refractivity contribution in [3.05, 3.63) is 29.8 Å². The molecule has 2 N–H and O–H groups in total. The molecule has 4 nitrogen and oxygen atoms in total. The molecule has 0 radical (unpaired) electrons. The molecule has 1 rings (SSSR count). The van der Waals surface area contributed by atoms with E-state index >= 15 is 0 Å². The summed E-state index contributed by atoms with van der Waals surface area (Å²) in [7, 11) is -3.56. The molecule has 0 heterocycles. The van der Waals surface area contributed by atoms with Crippen molar-refractivity contribution < 1.29 is 13.5 Å². The van der Waals surface area contributed by atoms with Gasteiger partial charge in [-0.05, 0) is 38.5 Å². The molecule has 0 aliphatic rings. The predicted molar refractivity (Wildman–Crippen MR) is 84.3 cm³/mol. The van der Waals surface area contributed by atoms with Crippen molar-refractivity contribution in [2.75, 3.05) is 6.61 Å². The van der Waals surface area contributed by atoms with Crippen LogP contribution in [0.2, 0.25) is 0 Å². The van der Waals surface area contributed by atoms with Gasteiger partial charge in [-0.25, -0.2) is 13.1 Å². The normalized spacial score (nSPS) is 11.8. The summed E-state index contributed by atoms with van der Waals surface area (Å²) in [6, 6.07) is 6.53. The standard InChI is InChI=1S/C16H23NO3S/c1-4-11-16(2,3)17-21(19,20)15-10-7-9-14(13-15)8-5-6-12-18/h7,9-10,13,17-18H,4,6,11-12H2,1-3H3. The minimum absolute atomic E-state index is 0.00223. The van der Waals surface area contributed by atoms with E-state index in [0.29, 0.717) is 12.0 Å². The Bertz CT molecular complexity index is 624. The smallest absolute Gasteiger partial charge is 0.241 e. The van der Waals surface area contributed by atoms with Gasteiger partial charge in [-0.3, -0.25) is 0 Å². The number of rotatable bonds is 6. The molecule has 0 saturated heterocycles. The van der Waals surface area contributed by atoms with Crippen molar-refractivity contribution in [3.8, 4) is 11.8 Å². The molecule has 0 amide bonds. The molecule has 0 fully saturated rings. The van der Waals surface area contributed by atoms with Crippen LogP contribution in [0.4, 0.5) is 0 Å². The highest BCUT2D eigenvalue weighted by molar-refractivity contribution is 7.89. The minimum Gasteiger partial charge on any atom is -0.395 e. The highest BCUT2D eigenvalue weighted by atomic mass is 32.2. The first-order valence-corrected chi connectivity index (χ1v) is 8.53. The third-order valence-corrected chi connectivity index (χ3v) is 4.60. The SMILES string of the molecule is CCCC(C)(C)NS(=O)(=O)c1cccc(C#CCCO)c1. The Kier molecular flexibility index (Phi) is 6.41. The van der Waals surface area contributed by atoms with Crippen LogP contribution in [0.3, 0.4) is 0 Å². The quantitative estimate of drug-likeness (QED) is 0.792. The second kappa shape index (κ2) is 7.60. The summed E-state index contributed by atoms with van der Waals surface area (Å²) < 4.78 is 27.5. The largest absolute Gasteiger partial charge is 0.395 e. The first-order chi connectivity index (χ1) is 9.80. The summed E-state index contributed by atoms with van der Waals surface area (Å²) in [4.78, 5) is 0.211. The van der Waals surface area contributed by atoms with Crippen molar-refractivity contribution >= 4 is 10.0 Å². The molecule has 5 heteroatoms. The summed E-state index contributed by atoms with van der Waals surface area (Å²) in [6.07, 6.45) is 2.04. The zero-order valence-corrected chi connectivity index (χ0v) is 13.6. The molecule has 21 heavy (non-hydrogen) atoms. The summed E-state index contributed by atoms with van der Waals surface area (Å²) in [6.45, 7) is 5.77. The van der Waals surface area contributed by atoms with Gasteiger partial charge in [-0.1, -0.05) is 31.3 Å². The molecule has 0 saturated carbocycles. The number of aliphatic hydroxyl groups excluding tert-OH is 1. The van der Waals surface area contributed by atoms with Crippen LogP contribution in [-0.2, 0) is 10.0 Å². The Hall–Kier alpha value is -1.35. The maximum absolute atomic E-state index is 12.4. The van der Waals surface area contributed by atoms with Crippen molar-refractivity contribution in [3.63, 3.8) is 0 Å². The van der Waals surface area contributed by atoms with Crippen LogP contribution >= 0.6 is 0 Å². The molecular formula is C16H23NO3S. The minimum atomic E-state index is -3.56. The fourth-order valence-corrected chi connectivity index (χ4v) is 3.55. The third-order valence-electron chi connectivity index (χ3n) is 2.90. The number of nitrogens with one attached hydrogen (secondary N) is 1. The number of aliphatic hydroxyl groups is 1. The molecule has 116 valence electrons. The van der Waals surface area contributed by atoms with Gasteiger partial charge < -0.3 is 5.11 Å². The van der Waals surface area contributed by atoms with E-state index in [4.69, 9.17) is 5.11 Å². The summed E-state index contributed by atoms with van der Waals surface area (Å²) in [5.74, 6) is 5.63. The van der Waals surface area contributed by atoms with E-state index < -0.39 is 15.6 Å². The van der Waals surface area contributed by atoms with Crippen molar-refractivity contribution in [1.82, 2.24) is 4.72 Å². The van der Waals surface area contributed by atoms with E-state index in [1.807, 2.05) is 20.8 Å². The van der Waals surface area contributed by atoms with Gasteiger partial charge >= 0.3 is 0 Å². The first kappa shape index (κ1) is 17.7. The second-order valence-electron chi connectivity index (χ2n) is 5.54. The fraction of sp³-hybridized carbons (Fsp3) is 0.500. The number of hydrogen-bond donors (Lipinski definition) is 2. The molecule has 1 aromatic rings. The van der Waals surface area contributed by atoms with Gasteiger partial charge in [0.2, 0.25) is 10.0 Å². The van der Waals surface area contributed by atoms with Crippen molar-refractivity contribution in [2.45, 2.75) is 50.5 Å². The average molecular weight is 309 g/mol. The molecule has 1 aromatic carbocycles. The molecule has 0 spiro atoms. The molecular weight excluding hydrogens is 286 g/mol. The Morgan fingerprint density at radius 1 is 1.33 bits per heavy atom. The summed E-state index contributed by atoms with van der Waals surface area (Å²) >= 11 is 0. The molecule has 0 bridgehead atoms. The summed E-state index contributed by atoms with van der Waals surface area (Å²) in [5.41, 5.74) is 0.145. The van der Waals surface area contributed by atoms with E-state index in [9.17, 15) is 8.42 Å². The zero-order chi connectivity index (χ0) is 15.9. The maximum Gasteiger partial charge on any atom is 0.241 e. The lowest BCUT2D eigenvalue weighted by Gasteiger charge is -2.25. The van der Waals surface area contributed by atoms with E-state index in [0.717, 1.165) is 12.8 Å². The Morgan fingerprint density at radius 3 is 2.67 bits per heavy atom. The van der Waals surface area contributed by atoms with Crippen LogP contribution in [0.5, 0.6) is 0 Å². The van der Waals surface area contributed by atoms with Crippen LogP contribution < -0.4 is 4.72 Å².